The lowest BCUT2D eigenvalue weighted by Crippen LogP contribution is -2.30. The fourth-order valence-corrected chi connectivity index (χ4v) is 9.53. The van der Waals surface area contributed by atoms with Crippen molar-refractivity contribution in [1.82, 2.24) is 0 Å². The Kier molecular flexibility index (Phi) is 21.8. The van der Waals surface area contributed by atoms with Crippen molar-refractivity contribution in [3.63, 3.8) is 0 Å². The van der Waals surface area contributed by atoms with Gasteiger partial charge in [-0.05, 0) is 75.9 Å². The van der Waals surface area contributed by atoms with E-state index in [1.54, 1.807) is 14.7 Å². The summed E-state index contributed by atoms with van der Waals surface area (Å²) in [7, 11) is 0. The van der Waals surface area contributed by atoms with Gasteiger partial charge in [0.1, 0.15) is 36.6 Å². The van der Waals surface area contributed by atoms with Crippen LogP contribution in [0.4, 0.5) is 31.4 Å². The largest absolute Gasteiger partial charge is 0.441 e. The molecule has 9 rings (SSSR count). The van der Waals surface area contributed by atoms with Crippen molar-refractivity contribution in [3.8, 4) is 0 Å². The number of carbonyl (C=O) groups excluding carboxylic acids is 3. The molecule has 440 valence electrons. The molecule has 0 saturated carbocycles. The van der Waals surface area contributed by atoms with Crippen LogP contribution in [0.3, 0.4) is 0 Å². The van der Waals surface area contributed by atoms with E-state index in [0.717, 1.165) is 42.1 Å². The van der Waals surface area contributed by atoms with E-state index >= 15 is 0 Å². The Morgan fingerprint density at radius 3 is 1.06 bits per heavy atom. The number of hydrogen-bond donors (Lipinski definition) is 0. The highest BCUT2D eigenvalue weighted by Gasteiger charge is 2.39. The lowest BCUT2D eigenvalue weighted by atomic mass is 9.94. The standard InChI is InChI=1S/C59H81N3O18/c1-38(23-66-29-51-35-75-51)69-26-41(4)72-32-48-20-60(57(63)78-48)54-16-9-7-12-44(54)18-46-14-11-15-47(56(46)62-22-50(80-59(62)65)34-74-43(6)28-71-40(3)25-68-31-53-37-77-53)19-45-13-8-10-17-55(45)61-21-49(79-58(61)64)33-73-42(5)27-70-39(2)24-67-30-52-36-76-52/h7-17,38-43,48-53H,18-37H2,1-6H3. The van der Waals surface area contributed by atoms with Crippen LogP contribution in [0.2, 0.25) is 0 Å². The van der Waals surface area contributed by atoms with Crippen molar-refractivity contribution >= 4 is 35.3 Å². The summed E-state index contributed by atoms with van der Waals surface area (Å²) in [5, 5.41) is 0. The third-order valence-corrected chi connectivity index (χ3v) is 14.1. The Morgan fingerprint density at radius 2 is 0.700 bits per heavy atom. The Balaban J connectivity index is 0.866. The molecule has 6 saturated heterocycles. The van der Waals surface area contributed by atoms with Crippen LogP contribution >= 0.6 is 0 Å². The zero-order valence-corrected chi connectivity index (χ0v) is 47.1. The van der Waals surface area contributed by atoms with Gasteiger partial charge in [-0.2, -0.15) is 0 Å². The van der Waals surface area contributed by atoms with E-state index in [4.69, 9.17) is 71.1 Å². The number of rotatable bonds is 37. The lowest BCUT2D eigenvalue weighted by Gasteiger charge is -2.25. The lowest BCUT2D eigenvalue weighted by molar-refractivity contribution is -0.0694. The minimum absolute atomic E-state index is 0.114. The molecule has 3 amide bonds. The number of epoxide rings is 3. The second-order valence-corrected chi connectivity index (χ2v) is 21.7. The maximum atomic E-state index is 14.2. The first-order valence-corrected chi connectivity index (χ1v) is 28.3. The molecule has 0 aliphatic carbocycles. The summed E-state index contributed by atoms with van der Waals surface area (Å²) in [6.45, 7) is 19.2. The summed E-state index contributed by atoms with van der Waals surface area (Å²) in [5.41, 5.74) is 5.36. The molecule has 6 aliphatic heterocycles. The zero-order chi connectivity index (χ0) is 56.0. The predicted molar refractivity (Wildman–Crippen MR) is 292 cm³/mol. The first-order chi connectivity index (χ1) is 38.8. The number of para-hydroxylation sites is 3. The molecular formula is C59H81N3O18. The SMILES string of the molecule is CC(COCC1CO1)OCC(C)OCC1CN(c2ccccc2Cc2cccc(Cc3ccccc3N3CC(COC(C)COC(C)COCC4CO4)OC3=O)c2N2CC(COC(C)COC(C)COCC3CO3)OC2=O)C(=O)O1. The molecule has 0 aromatic heterocycles. The Morgan fingerprint density at radius 1 is 0.388 bits per heavy atom. The van der Waals surface area contributed by atoms with Crippen LogP contribution in [0, 0.1) is 0 Å². The summed E-state index contributed by atoms with van der Waals surface area (Å²) >= 11 is 0. The van der Waals surface area contributed by atoms with E-state index in [2.05, 4.69) is 0 Å². The molecular weight excluding hydrogens is 1040 g/mol. The Labute approximate surface area is 469 Å². The Hall–Kier alpha value is -5.01. The molecule has 6 fully saturated rings. The van der Waals surface area contributed by atoms with Crippen molar-refractivity contribution < 1.29 is 85.4 Å². The smallest absolute Gasteiger partial charge is 0.414 e. The van der Waals surface area contributed by atoms with Crippen LogP contribution < -0.4 is 14.7 Å². The molecule has 0 bridgehead atoms. The summed E-state index contributed by atoms with van der Waals surface area (Å²) in [6, 6.07) is 21.3. The van der Waals surface area contributed by atoms with Crippen molar-refractivity contribution in [2.75, 3.05) is 133 Å². The Bertz CT molecular complexity index is 2330. The summed E-state index contributed by atoms with van der Waals surface area (Å²) < 4.78 is 86.7. The predicted octanol–water partition coefficient (Wildman–Crippen LogP) is 6.52. The quantitative estimate of drug-likeness (QED) is 0.0444. The number of benzene rings is 3. The maximum absolute atomic E-state index is 14.2. The highest BCUT2D eigenvalue weighted by molar-refractivity contribution is 5.94. The molecule has 12 atom stereocenters. The number of hydrogen-bond acceptors (Lipinski definition) is 18. The number of nitrogens with zero attached hydrogens (tertiary/aromatic N) is 3. The van der Waals surface area contributed by atoms with E-state index < -0.39 is 36.6 Å². The first-order valence-electron chi connectivity index (χ1n) is 28.3. The van der Waals surface area contributed by atoms with Crippen molar-refractivity contribution in [3.05, 3.63) is 89.0 Å². The summed E-state index contributed by atoms with van der Waals surface area (Å²) in [5.74, 6) is 0. The molecule has 12 unspecified atom stereocenters. The van der Waals surface area contributed by atoms with Crippen LogP contribution in [-0.4, -0.2) is 210 Å². The molecule has 3 aromatic carbocycles. The molecule has 21 nitrogen and oxygen atoms in total. The van der Waals surface area contributed by atoms with E-state index in [0.29, 0.717) is 89.4 Å². The average Bonchev–Trinajstić information content (AvgIpc) is 4.47. The van der Waals surface area contributed by atoms with Crippen LogP contribution in [0.25, 0.3) is 0 Å². The van der Waals surface area contributed by atoms with Crippen LogP contribution in [-0.2, 0) is 83.9 Å². The number of amides is 3. The fourth-order valence-electron chi connectivity index (χ4n) is 9.53. The van der Waals surface area contributed by atoms with Crippen LogP contribution in [0.5, 0.6) is 0 Å². The van der Waals surface area contributed by atoms with Gasteiger partial charge >= 0.3 is 18.3 Å². The molecule has 0 N–H and O–H groups in total. The monoisotopic (exact) mass is 1120 g/mol. The topological polar surface area (TPSA) is 209 Å². The van der Waals surface area contributed by atoms with E-state index in [9.17, 15) is 14.4 Å². The molecule has 0 spiro atoms. The van der Waals surface area contributed by atoms with Gasteiger partial charge in [0.25, 0.3) is 0 Å². The third kappa shape index (κ3) is 18.2. The first kappa shape index (κ1) is 59.6. The second kappa shape index (κ2) is 29.3. The van der Waals surface area contributed by atoms with Gasteiger partial charge < -0.3 is 71.1 Å². The summed E-state index contributed by atoms with van der Waals surface area (Å²) in [4.78, 5) is 46.5. The molecule has 6 aliphatic rings. The van der Waals surface area contributed by atoms with Crippen molar-refractivity contribution in [2.45, 2.75) is 128 Å². The van der Waals surface area contributed by atoms with E-state index in [1.165, 1.54) is 0 Å². The van der Waals surface area contributed by atoms with Gasteiger partial charge in [-0.25, -0.2) is 14.4 Å². The van der Waals surface area contributed by atoms with Crippen molar-refractivity contribution in [2.24, 2.45) is 0 Å². The van der Waals surface area contributed by atoms with Gasteiger partial charge in [-0.15, -0.1) is 0 Å². The van der Waals surface area contributed by atoms with Crippen LogP contribution in [0.1, 0.15) is 63.8 Å². The van der Waals surface area contributed by atoms with Gasteiger partial charge in [0.05, 0.1) is 172 Å². The average molecular weight is 1120 g/mol. The number of ether oxygens (including phenoxy) is 15. The fraction of sp³-hybridized carbons (Fsp3) is 0.644. The van der Waals surface area contributed by atoms with Gasteiger partial charge in [-0.3, -0.25) is 14.7 Å². The molecule has 0 radical (unpaired) electrons. The highest BCUT2D eigenvalue weighted by Crippen LogP contribution is 2.37. The second-order valence-electron chi connectivity index (χ2n) is 21.7. The molecule has 21 heteroatoms. The normalized spacial score (nSPS) is 24.6. The van der Waals surface area contributed by atoms with Gasteiger partial charge in [0, 0.05) is 12.8 Å². The number of cyclic esters (lactones) is 3. The number of carbonyl (C=O) groups is 3. The molecule has 80 heavy (non-hydrogen) atoms. The van der Waals surface area contributed by atoms with Gasteiger partial charge in [-0.1, -0.05) is 54.6 Å². The van der Waals surface area contributed by atoms with Gasteiger partial charge in [0.2, 0.25) is 0 Å². The highest BCUT2D eigenvalue weighted by atomic mass is 16.6. The molecule has 3 aromatic rings. The maximum Gasteiger partial charge on any atom is 0.414 e. The number of anilines is 3. The molecule has 6 heterocycles. The van der Waals surface area contributed by atoms with Crippen LogP contribution in [0.15, 0.2) is 66.7 Å². The van der Waals surface area contributed by atoms with E-state index in [-0.39, 0.29) is 94.4 Å². The zero-order valence-electron chi connectivity index (χ0n) is 47.1. The third-order valence-electron chi connectivity index (χ3n) is 14.1. The van der Waals surface area contributed by atoms with Crippen molar-refractivity contribution in [1.29, 1.82) is 0 Å². The minimum atomic E-state index is -0.583. The van der Waals surface area contributed by atoms with E-state index in [1.807, 2.05) is 108 Å². The summed E-state index contributed by atoms with van der Waals surface area (Å²) in [6.07, 6.45) is -2.97. The minimum Gasteiger partial charge on any atom is -0.441 e. The van der Waals surface area contributed by atoms with Gasteiger partial charge in [0.15, 0.2) is 0 Å².